The van der Waals surface area contributed by atoms with Crippen molar-refractivity contribution in [1.29, 1.82) is 0 Å². The summed E-state index contributed by atoms with van der Waals surface area (Å²) in [4.78, 5) is 16.0. The molecule has 1 heterocycles. The van der Waals surface area contributed by atoms with Gasteiger partial charge < -0.3 is 15.7 Å². The van der Waals surface area contributed by atoms with E-state index in [1.54, 1.807) is 56.6 Å². The van der Waals surface area contributed by atoms with Crippen molar-refractivity contribution in [1.82, 2.24) is 10.3 Å². The predicted molar refractivity (Wildman–Crippen MR) is 87.1 cm³/mol. The standard InChI is InChI=1S/C16H18ClN3O2/c1-16(22,11-5-3-6-12(17)9-11)10-20-14-13(15(21)18-2)7-4-8-19-14/h3-9,22H,10H2,1-2H3,(H,18,21)(H,19,20). The summed E-state index contributed by atoms with van der Waals surface area (Å²) in [5.41, 5.74) is -0.0422. The first-order valence-electron chi connectivity index (χ1n) is 6.83. The fraction of sp³-hybridized carbons (Fsp3) is 0.250. The van der Waals surface area contributed by atoms with Gasteiger partial charge in [0, 0.05) is 24.8 Å². The van der Waals surface area contributed by atoms with Crippen LogP contribution in [0.15, 0.2) is 42.6 Å². The van der Waals surface area contributed by atoms with Crippen LogP contribution in [0.4, 0.5) is 5.82 Å². The number of aromatic nitrogens is 1. The Kier molecular flexibility index (Phi) is 5.00. The Morgan fingerprint density at radius 1 is 1.36 bits per heavy atom. The Morgan fingerprint density at radius 2 is 2.14 bits per heavy atom. The van der Waals surface area contributed by atoms with Gasteiger partial charge in [-0.1, -0.05) is 23.7 Å². The summed E-state index contributed by atoms with van der Waals surface area (Å²) in [5.74, 6) is 0.183. The van der Waals surface area contributed by atoms with Crippen LogP contribution in [0.25, 0.3) is 0 Å². The number of amides is 1. The third-order valence-electron chi connectivity index (χ3n) is 3.33. The van der Waals surface area contributed by atoms with Crippen LogP contribution in [0.5, 0.6) is 0 Å². The summed E-state index contributed by atoms with van der Waals surface area (Å²) in [6.45, 7) is 1.86. The smallest absolute Gasteiger partial charge is 0.254 e. The number of hydrogen-bond acceptors (Lipinski definition) is 4. The van der Waals surface area contributed by atoms with E-state index in [1.807, 2.05) is 0 Å². The fourth-order valence-corrected chi connectivity index (χ4v) is 2.24. The molecule has 1 amide bonds. The molecule has 1 atom stereocenters. The van der Waals surface area contributed by atoms with Crippen molar-refractivity contribution in [2.75, 3.05) is 18.9 Å². The van der Waals surface area contributed by atoms with Crippen molar-refractivity contribution < 1.29 is 9.90 Å². The van der Waals surface area contributed by atoms with Gasteiger partial charge in [0.15, 0.2) is 0 Å². The van der Waals surface area contributed by atoms with Crippen LogP contribution >= 0.6 is 11.6 Å². The number of carbonyl (C=O) groups excluding carboxylic acids is 1. The summed E-state index contributed by atoms with van der Waals surface area (Å²) in [7, 11) is 1.56. The molecule has 116 valence electrons. The highest BCUT2D eigenvalue weighted by Crippen LogP contribution is 2.24. The Balaban J connectivity index is 2.17. The SMILES string of the molecule is CNC(=O)c1cccnc1NCC(C)(O)c1cccc(Cl)c1. The summed E-state index contributed by atoms with van der Waals surface area (Å²) in [5, 5.41) is 16.7. The van der Waals surface area contributed by atoms with E-state index in [4.69, 9.17) is 11.6 Å². The third-order valence-corrected chi connectivity index (χ3v) is 3.56. The second-order valence-electron chi connectivity index (χ2n) is 5.12. The number of anilines is 1. The number of rotatable bonds is 5. The molecule has 0 saturated heterocycles. The van der Waals surface area contributed by atoms with Gasteiger partial charge >= 0.3 is 0 Å². The van der Waals surface area contributed by atoms with Crippen LogP contribution in [0.1, 0.15) is 22.8 Å². The van der Waals surface area contributed by atoms with E-state index >= 15 is 0 Å². The van der Waals surface area contributed by atoms with Gasteiger partial charge in [-0.25, -0.2) is 4.98 Å². The molecule has 0 saturated carbocycles. The highest BCUT2D eigenvalue weighted by atomic mass is 35.5. The number of halogens is 1. The molecule has 5 nitrogen and oxygen atoms in total. The molecule has 2 rings (SSSR count). The van der Waals surface area contributed by atoms with Crippen molar-refractivity contribution in [3.63, 3.8) is 0 Å². The van der Waals surface area contributed by atoms with Crippen LogP contribution in [-0.2, 0) is 5.60 Å². The van der Waals surface area contributed by atoms with Crippen molar-refractivity contribution in [2.24, 2.45) is 0 Å². The molecule has 2 aromatic rings. The minimum Gasteiger partial charge on any atom is -0.384 e. The highest BCUT2D eigenvalue weighted by Gasteiger charge is 2.24. The number of hydrogen-bond donors (Lipinski definition) is 3. The number of pyridine rings is 1. The monoisotopic (exact) mass is 319 g/mol. The average molecular weight is 320 g/mol. The van der Waals surface area contributed by atoms with Crippen molar-refractivity contribution in [3.8, 4) is 0 Å². The zero-order chi connectivity index (χ0) is 16.2. The number of nitrogens with zero attached hydrogens (tertiary/aromatic N) is 1. The van der Waals surface area contributed by atoms with Gasteiger partial charge in [0.1, 0.15) is 11.4 Å². The first-order chi connectivity index (χ1) is 10.4. The second kappa shape index (κ2) is 6.77. The van der Waals surface area contributed by atoms with Crippen LogP contribution in [0.2, 0.25) is 5.02 Å². The van der Waals surface area contributed by atoms with Gasteiger partial charge in [0.05, 0.1) is 5.56 Å². The molecule has 0 radical (unpaired) electrons. The first kappa shape index (κ1) is 16.3. The maximum Gasteiger partial charge on any atom is 0.254 e. The molecule has 6 heteroatoms. The molecule has 3 N–H and O–H groups in total. The average Bonchev–Trinajstić information content (AvgIpc) is 2.52. The lowest BCUT2D eigenvalue weighted by atomic mass is 9.96. The molecule has 0 aliphatic rings. The molecule has 0 bridgehead atoms. The molecule has 1 unspecified atom stereocenters. The summed E-state index contributed by atoms with van der Waals surface area (Å²) < 4.78 is 0. The lowest BCUT2D eigenvalue weighted by molar-refractivity contribution is 0.0713. The lowest BCUT2D eigenvalue weighted by Crippen LogP contribution is -2.32. The Morgan fingerprint density at radius 3 is 2.82 bits per heavy atom. The van der Waals surface area contributed by atoms with E-state index in [-0.39, 0.29) is 12.5 Å². The normalized spacial score (nSPS) is 13.3. The molecule has 22 heavy (non-hydrogen) atoms. The molecule has 0 aliphatic carbocycles. The maximum absolute atomic E-state index is 11.8. The molecule has 0 fully saturated rings. The molecule has 0 spiro atoms. The minimum absolute atomic E-state index is 0.189. The third kappa shape index (κ3) is 3.75. The molecular weight excluding hydrogens is 302 g/mol. The van der Waals surface area contributed by atoms with Crippen molar-refractivity contribution in [3.05, 3.63) is 58.7 Å². The molecule has 1 aromatic heterocycles. The van der Waals surface area contributed by atoms with Crippen LogP contribution in [-0.4, -0.2) is 29.6 Å². The van der Waals surface area contributed by atoms with Crippen molar-refractivity contribution >= 4 is 23.3 Å². The van der Waals surface area contributed by atoms with Gasteiger partial charge in [0.2, 0.25) is 0 Å². The Bertz CT molecular complexity index is 674. The predicted octanol–water partition coefficient (Wildman–Crippen LogP) is 2.41. The number of aliphatic hydroxyl groups is 1. The largest absolute Gasteiger partial charge is 0.384 e. The number of carbonyl (C=O) groups is 1. The quantitative estimate of drug-likeness (QED) is 0.791. The summed E-state index contributed by atoms with van der Waals surface area (Å²) >= 11 is 5.96. The maximum atomic E-state index is 11.8. The van der Waals surface area contributed by atoms with Gasteiger partial charge in [-0.05, 0) is 36.8 Å². The van der Waals surface area contributed by atoms with E-state index in [0.29, 0.717) is 22.0 Å². The van der Waals surface area contributed by atoms with E-state index < -0.39 is 5.60 Å². The minimum atomic E-state index is -1.15. The molecular formula is C16H18ClN3O2. The van der Waals surface area contributed by atoms with Gasteiger partial charge in [-0.15, -0.1) is 0 Å². The van der Waals surface area contributed by atoms with E-state index in [9.17, 15) is 9.90 Å². The number of benzene rings is 1. The molecule has 0 aliphatic heterocycles. The second-order valence-corrected chi connectivity index (χ2v) is 5.55. The number of nitrogens with one attached hydrogen (secondary N) is 2. The Hall–Kier alpha value is -2.11. The fourth-order valence-electron chi connectivity index (χ4n) is 2.05. The van der Waals surface area contributed by atoms with Gasteiger partial charge in [0.25, 0.3) is 5.91 Å². The van der Waals surface area contributed by atoms with E-state index in [1.165, 1.54) is 0 Å². The van der Waals surface area contributed by atoms with Gasteiger partial charge in [-0.3, -0.25) is 4.79 Å². The summed E-state index contributed by atoms with van der Waals surface area (Å²) in [6, 6.07) is 10.4. The lowest BCUT2D eigenvalue weighted by Gasteiger charge is -2.25. The Labute approximate surface area is 134 Å². The van der Waals surface area contributed by atoms with Crippen molar-refractivity contribution in [2.45, 2.75) is 12.5 Å². The first-order valence-corrected chi connectivity index (χ1v) is 7.21. The van der Waals surface area contributed by atoms with Crippen LogP contribution in [0, 0.1) is 0 Å². The zero-order valence-electron chi connectivity index (χ0n) is 12.4. The van der Waals surface area contributed by atoms with Gasteiger partial charge in [-0.2, -0.15) is 0 Å². The highest BCUT2D eigenvalue weighted by molar-refractivity contribution is 6.30. The topological polar surface area (TPSA) is 74.2 Å². The van der Waals surface area contributed by atoms with Crippen LogP contribution < -0.4 is 10.6 Å². The van der Waals surface area contributed by atoms with Crippen LogP contribution in [0.3, 0.4) is 0 Å². The zero-order valence-corrected chi connectivity index (χ0v) is 13.2. The summed E-state index contributed by atoms with van der Waals surface area (Å²) in [6.07, 6.45) is 1.59. The van der Waals surface area contributed by atoms with E-state index in [2.05, 4.69) is 15.6 Å². The molecule has 1 aromatic carbocycles. The van der Waals surface area contributed by atoms with E-state index in [0.717, 1.165) is 0 Å².